The number of para-hydroxylation sites is 1. The van der Waals surface area contributed by atoms with Gasteiger partial charge in [0.2, 0.25) is 0 Å². The number of hydrogen-bond acceptors (Lipinski definition) is 11. The molecule has 0 aliphatic rings. The average Bonchev–Trinajstić information content (AvgIpc) is 0.812. The van der Waals surface area contributed by atoms with Crippen LogP contribution in [0.3, 0.4) is 0 Å². The molecule has 0 amide bonds. The Kier molecular flexibility index (Phi) is 18.3. The summed E-state index contributed by atoms with van der Waals surface area (Å²) in [5.41, 5.74) is 24.4. The molecule has 0 saturated carbocycles. The van der Waals surface area contributed by atoms with Gasteiger partial charge in [-0.3, -0.25) is 9.97 Å². The lowest BCUT2D eigenvalue weighted by Gasteiger charge is -2.12. The molecule has 0 aliphatic heterocycles. The number of aromatic nitrogens is 11. The predicted octanol–water partition coefficient (Wildman–Crippen LogP) is 22.9. The molecule has 18 aromatic rings. The van der Waals surface area contributed by atoms with E-state index in [0.29, 0.717) is 34.9 Å². The summed E-state index contributed by atoms with van der Waals surface area (Å²) >= 11 is 0. The van der Waals surface area contributed by atoms with E-state index in [1.165, 1.54) is 0 Å². The molecule has 0 spiro atoms. The van der Waals surface area contributed by atoms with Crippen molar-refractivity contribution in [3.63, 3.8) is 0 Å². The van der Waals surface area contributed by atoms with Crippen LogP contribution in [0.15, 0.2) is 383 Å². The van der Waals surface area contributed by atoms with Crippen molar-refractivity contribution in [2.45, 2.75) is 0 Å². The zero-order chi connectivity index (χ0) is 70.8. The molecule has 18 rings (SSSR count). The van der Waals surface area contributed by atoms with E-state index < -0.39 is 0 Å². The normalized spacial score (nSPS) is 11.0. The van der Waals surface area contributed by atoms with Crippen LogP contribution in [-0.2, 0) is 0 Å². The van der Waals surface area contributed by atoms with E-state index in [1.807, 2.05) is 194 Å². The second kappa shape index (κ2) is 29.9. The fraction of sp³-hybridized carbons (Fsp3) is 0. The summed E-state index contributed by atoms with van der Waals surface area (Å²) in [4.78, 5) is 53.7. The zero-order valence-corrected chi connectivity index (χ0v) is 57.3. The molecule has 0 unspecified atom stereocenters. The standard InChI is InChI=1S/C48H32N6.C47H31N5/c1-4-11-36(12-5-1)43-32-44(51-45(50-43)37-13-6-2-7-14-37)42-18-10-17-41(31-42)34-21-25-40(26-22-34)48-53-46(38-15-8-3-9-16-38)52-47(54-48)39-23-19-33(20-24-39)35-27-29-49-30-28-35;1-4-13-33(14-5-1)42-29-43(50-46(49-42)35-15-6-2-7-16-35)34-25-23-32(24-26-34)37-20-12-21-39(27-37)44-30-45(52-47(51-44)36-17-8-3-9-18-36)40-28-38-19-10-11-22-41(38)48-31-40/h1-32H;1-31H. The molecule has 6 heterocycles. The Morgan fingerprint density at radius 3 is 0.792 bits per heavy atom. The highest BCUT2D eigenvalue weighted by Crippen LogP contribution is 2.37. The van der Waals surface area contributed by atoms with Crippen LogP contribution >= 0.6 is 0 Å². The third kappa shape index (κ3) is 14.5. The van der Waals surface area contributed by atoms with Gasteiger partial charge >= 0.3 is 0 Å². The van der Waals surface area contributed by atoms with Crippen LogP contribution in [0, 0.1) is 0 Å². The smallest absolute Gasteiger partial charge is 0.164 e. The zero-order valence-electron chi connectivity index (χ0n) is 57.3. The molecule has 0 atom stereocenters. The first-order chi connectivity index (χ1) is 52.5. The van der Waals surface area contributed by atoms with Crippen molar-refractivity contribution in [2.24, 2.45) is 0 Å². The summed E-state index contributed by atoms with van der Waals surface area (Å²) in [7, 11) is 0. The van der Waals surface area contributed by atoms with Crippen molar-refractivity contribution in [2.75, 3.05) is 0 Å². The predicted molar refractivity (Wildman–Crippen MR) is 428 cm³/mol. The summed E-state index contributed by atoms with van der Waals surface area (Å²) in [6.07, 6.45) is 5.50. The summed E-state index contributed by atoms with van der Waals surface area (Å²) < 4.78 is 0. The fourth-order valence-corrected chi connectivity index (χ4v) is 12.9. The highest BCUT2D eigenvalue weighted by molar-refractivity contribution is 5.85. The molecule has 0 fully saturated rings. The topological polar surface area (TPSA) is 142 Å². The van der Waals surface area contributed by atoms with Crippen LogP contribution in [0.4, 0.5) is 0 Å². The first-order valence-electron chi connectivity index (χ1n) is 35.0. The van der Waals surface area contributed by atoms with Crippen LogP contribution < -0.4 is 0 Å². The van der Waals surface area contributed by atoms with E-state index in [4.69, 9.17) is 49.8 Å². The lowest BCUT2D eigenvalue weighted by molar-refractivity contribution is 1.07. The Bertz CT molecular complexity index is 5960. The Morgan fingerprint density at radius 1 is 0.151 bits per heavy atom. The molecule has 0 radical (unpaired) electrons. The fourth-order valence-electron chi connectivity index (χ4n) is 12.9. The third-order valence-corrected chi connectivity index (χ3v) is 18.4. The molecular weight excluding hydrogens is 1300 g/mol. The molecule has 498 valence electrons. The molecule has 11 heteroatoms. The minimum Gasteiger partial charge on any atom is -0.265 e. The largest absolute Gasteiger partial charge is 0.265 e. The molecule has 0 aliphatic carbocycles. The van der Waals surface area contributed by atoms with Crippen LogP contribution in [0.1, 0.15) is 0 Å². The van der Waals surface area contributed by atoms with Gasteiger partial charge in [-0.25, -0.2) is 44.9 Å². The van der Waals surface area contributed by atoms with Crippen molar-refractivity contribution < 1.29 is 0 Å². The van der Waals surface area contributed by atoms with Crippen LogP contribution in [0.2, 0.25) is 0 Å². The Hall–Kier alpha value is -14.6. The maximum absolute atomic E-state index is 5.07. The van der Waals surface area contributed by atoms with Crippen molar-refractivity contribution >= 4 is 10.9 Å². The number of pyridine rings is 2. The Labute approximate surface area is 613 Å². The van der Waals surface area contributed by atoms with E-state index in [2.05, 4.69) is 181 Å². The molecule has 0 bridgehead atoms. The highest BCUT2D eigenvalue weighted by Gasteiger charge is 2.18. The summed E-state index contributed by atoms with van der Waals surface area (Å²) in [5, 5.41) is 1.07. The Morgan fingerprint density at radius 2 is 0.406 bits per heavy atom. The van der Waals surface area contributed by atoms with Crippen molar-refractivity contribution in [1.29, 1.82) is 0 Å². The molecule has 6 aromatic heterocycles. The summed E-state index contributed by atoms with van der Waals surface area (Å²) in [6, 6.07) is 124. The highest BCUT2D eigenvalue weighted by atomic mass is 15.0. The number of hydrogen-bond donors (Lipinski definition) is 0. The molecule has 0 saturated heterocycles. The first-order valence-corrected chi connectivity index (χ1v) is 35.0. The summed E-state index contributed by atoms with van der Waals surface area (Å²) in [6.45, 7) is 0. The molecule has 12 aromatic carbocycles. The number of fused-ring (bicyclic) bond motifs is 1. The second-order valence-corrected chi connectivity index (χ2v) is 25.4. The van der Waals surface area contributed by atoms with Gasteiger partial charge in [0.1, 0.15) is 0 Å². The maximum atomic E-state index is 5.07. The molecular formula is C95H63N11. The monoisotopic (exact) mass is 1360 g/mol. The number of nitrogens with zero attached hydrogens (tertiary/aromatic N) is 11. The van der Waals surface area contributed by atoms with Gasteiger partial charge in [0.15, 0.2) is 34.9 Å². The minimum absolute atomic E-state index is 0.611. The maximum Gasteiger partial charge on any atom is 0.164 e. The van der Waals surface area contributed by atoms with Gasteiger partial charge in [-0.15, -0.1) is 0 Å². The number of rotatable bonds is 15. The van der Waals surface area contributed by atoms with Gasteiger partial charge in [0, 0.05) is 90.7 Å². The van der Waals surface area contributed by atoms with Gasteiger partial charge in [0.05, 0.1) is 39.7 Å². The van der Waals surface area contributed by atoms with Gasteiger partial charge in [-0.2, -0.15) is 0 Å². The SMILES string of the molecule is c1ccc(-c2cc(-c3ccc(-c4cccc(-c5cc(-c6cnc7ccccc7c6)nc(-c6ccccc6)n5)c4)cc3)nc(-c3ccccc3)n2)cc1.c1ccc(-c2cc(-c3cccc(-c4ccc(-c5nc(-c6ccccc6)nc(-c6ccc(-c7ccncc7)cc6)n5)cc4)c3)nc(-c3ccccc3)n2)cc1. The van der Waals surface area contributed by atoms with Crippen LogP contribution in [0.25, 0.3) is 180 Å². The van der Waals surface area contributed by atoms with Crippen LogP contribution in [0.5, 0.6) is 0 Å². The van der Waals surface area contributed by atoms with E-state index in [9.17, 15) is 0 Å². The lowest BCUT2D eigenvalue weighted by Crippen LogP contribution is -2.00. The number of benzene rings is 12. The Balaban J connectivity index is 0.000000156. The quantitative estimate of drug-likeness (QED) is 0.0968. The van der Waals surface area contributed by atoms with Crippen LogP contribution in [-0.4, -0.2) is 54.8 Å². The van der Waals surface area contributed by atoms with Crippen molar-refractivity contribution in [1.82, 2.24) is 54.8 Å². The second-order valence-electron chi connectivity index (χ2n) is 25.4. The molecule has 106 heavy (non-hydrogen) atoms. The van der Waals surface area contributed by atoms with Gasteiger partial charge in [-0.1, -0.05) is 309 Å². The van der Waals surface area contributed by atoms with E-state index in [1.54, 1.807) is 12.4 Å². The molecule has 0 N–H and O–H groups in total. The third-order valence-electron chi connectivity index (χ3n) is 18.4. The first kappa shape index (κ1) is 64.8. The van der Waals surface area contributed by atoms with Crippen molar-refractivity contribution in [3.05, 3.63) is 383 Å². The van der Waals surface area contributed by atoms with E-state index in [-0.39, 0.29) is 0 Å². The van der Waals surface area contributed by atoms with Gasteiger partial charge in [-0.05, 0) is 88.0 Å². The summed E-state index contributed by atoms with van der Waals surface area (Å²) in [5.74, 6) is 3.92. The van der Waals surface area contributed by atoms with E-state index in [0.717, 1.165) is 145 Å². The van der Waals surface area contributed by atoms with E-state index >= 15 is 0 Å². The van der Waals surface area contributed by atoms with Crippen molar-refractivity contribution in [3.8, 4) is 169 Å². The molecule has 11 nitrogen and oxygen atoms in total. The van der Waals surface area contributed by atoms with Gasteiger partial charge in [0.25, 0.3) is 0 Å². The average molecular weight is 1360 g/mol. The lowest BCUT2D eigenvalue weighted by atomic mass is 9.98. The van der Waals surface area contributed by atoms with Gasteiger partial charge < -0.3 is 0 Å². The minimum atomic E-state index is 0.611.